The van der Waals surface area contributed by atoms with E-state index in [1.165, 1.54) is 11.0 Å². The first kappa shape index (κ1) is 22.7. The van der Waals surface area contributed by atoms with Crippen molar-refractivity contribution < 1.29 is 9.53 Å². The third-order valence-electron chi connectivity index (χ3n) is 7.83. The van der Waals surface area contributed by atoms with Crippen molar-refractivity contribution in [2.24, 2.45) is 0 Å². The number of benzene rings is 3. The van der Waals surface area contributed by atoms with Crippen LogP contribution in [0.25, 0.3) is 21.8 Å². The lowest BCUT2D eigenvalue weighted by Gasteiger charge is -2.31. The number of cyclic esters (lactones) is 1. The topological polar surface area (TPSA) is 36.2 Å². The minimum Gasteiger partial charge on any atom is -0.440 e. The molecular formula is C32H32N2O2. The fourth-order valence-electron chi connectivity index (χ4n) is 6.49. The molecule has 3 aromatic carbocycles. The molecular weight excluding hydrogens is 444 g/mol. The number of aromatic nitrogens is 2. The van der Waals surface area contributed by atoms with Crippen LogP contribution in [0.4, 0.5) is 0 Å². The standard InChI is InChI=1S/C32H32N2O2/c1-5-19-33-21(3)29(24-14-8-11-17-27(24)33)32(26-16-10-7-13-23(26)31(35)36-32)30-22(4)34(20-6-2)28-18-12-9-15-25(28)30/h7-18H,5-6,19-20H2,1-4H3. The molecule has 1 aliphatic rings. The van der Waals surface area contributed by atoms with Crippen molar-refractivity contribution in [2.75, 3.05) is 0 Å². The highest BCUT2D eigenvalue weighted by atomic mass is 16.6. The number of carbonyl (C=O) groups excluding carboxylic acids is 1. The van der Waals surface area contributed by atoms with Crippen LogP contribution in [0.5, 0.6) is 0 Å². The first-order valence-electron chi connectivity index (χ1n) is 13.0. The van der Waals surface area contributed by atoms with Crippen molar-refractivity contribution in [2.45, 2.75) is 59.2 Å². The van der Waals surface area contributed by atoms with Crippen LogP contribution in [-0.2, 0) is 23.4 Å². The third kappa shape index (κ3) is 2.90. The van der Waals surface area contributed by atoms with Gasteiger partial charge in [0.05, 0.1) is 5.56 Å². The van der Waals surface area contributed by atoms with Crippen molar-refractivity contribution >= 4 is 27.8 Å². The van der Waals surface area contributed by atoms with E-state index in [9.17, 15) is 4.79 Å². The van der Waals surface area contributed by atoms with Crippen LogP contribution in [-0.4, -0.2) is 15.1 Å². The Morgan fingerprint density at radius 1 is 0.694 bits per heavy atom. The predicted molar refractivity (Wildman–Crippen MR) is 146 cm³/mol. The summed E-state index contributed by atoms with van der Waals surface area (Å²) in [5, 5.41) is 2.28. The lowest BCUT2D eigenvalue weighted by molar-refractivity contribution is 0.0255. The van der Waals surface area contributed by atoms with E-state index in [1.54, 1.807) is 0 Å². The van der Waals surface area contributed by atoms with Gasteiger partial charge in [0.25, 0.3) is 0 Å². The highest BCUT2D eigenvalue weighted by molar-refractivity contribution is 6.01. The summed E-state index contributed by atoms with van der Waals surface area (Å²) >= 11 is 0. The zero-order chi connectivity index (χ0) is 25.0. The van der Waals surface area contributed by atoms with Gasteiger partial charge in [-0.05, 0) is 44.9 Å². The van der Waals surface area contributed by atoms with Crippen LogP contribution in [0.2, 0.25) is 0 Å². The lowest BCUT2D eigenvalue weighted by Crippen LogP contribution is -2.31. The van der Waals surface area contributed by atoms with E-state index >= 15 is 0 Å². The first-order valence-corrected chi connectivity index (χ1v) is 13.0. The van der Waals surface area contributed by atoms with Gasteiger partial charge in [0.15, 0.2) is 5.60 Å². The summed E-state index contributed by atoms with van der Waals surface area (Å²) in [7, 11) is 0. The van der Waals surface area contributed by atoms with E-state index in [2.05, 4.69) is 91.4 Å². The number of esters is 1. The Labute approximate surface area is 212 Å². The Morgan fingerprint density at radius 3 is 1.69 bits per heavy atom. The summed E-state index contributed by atoms with van der Waals surface area (Å²) in [4.78, 5) is 13.6. The van der Waals surface area contributed by atoms with Crippen LogP contribution in [0.3, 0.4) is 0 Å². The zero-order valence-electron chi connectivity index (χ0n) is 21.5. The van der Waals surface area contributed by atoms with E-state index in [0.717, 1.165) is 64.8 Å². The summed E-state index contributed by atoms with van der Waals surface area (Å²) in [5.41, 5.74) is 7.36. The number of ether oxygens (including phenoxy) is 1. The molecule has 0 atom stereocenters. The number of fused-ring (bicyclic) bond motifs is 3. The summed E-state index contributed by atoms with van der Waals surface area (Å²) in [5.74, 6) is -0.260. The quantitative estimate of drug-likeness (QED) is 0.238. The maximum absolute atomic E-state index is 13.6. The minimum absolute atomic E-state index is 0.260. The lowest BCUT2D eigenvalue weighted by atomic mass is 9.77. The second-order valence-corrected chi connectivity index (χ2v) is 9.87. The van der Waals surface area contributed by atoms with Crippen LogP contribution >= 0.6 is 0 Å². The Hall–Kier alpha value is -3.79. The van der Waals surface area contributed by atoms with Gasteiger partial charge in [-0.3, -0.25) is 0 Å². The third-order valence-corrected chi connectivity index (χ3v) is 7.83. The molecule has 5 aromatic rings. The maximum atomic E-state index is 13.6. The molecule has 4 heteroatoms. The zero-order valence-corrected chi connectivity index (χ0v) is 21.5. The SMILES string of the molecule is CCCn1c(C)c(C2(c3c(C)n(CCC)c4ccccc34)OC(=O)c3ccccc32)c2ccccc21. The Balaban J connectivity index is 1.83. The average molecular weight is 477 g/mol. The Morgan fingerprint density at radius 2 is 1.17 bits per heavy atom. The highest BCUT2D eigenvalue weighted by Gasteiger charge is 2.53. The van der Waals surface area contributed by atoms with Gasteiger partial charge >= 0.3 is 5.97 Å². The van der Waals surface area contributed by atoms with E-state index in [1.807, 2.05) is 18.2 Å². The van der Waals surface area contributed by atoms with Gasteiger partial charge in [0, 0.05) is 63.0 Å². The van der Waals surface area contributed by atoms with Gasteiger partial charge in [-0.1, -0.05) is 68.4 Å². The summed E-state index contributed by atoms with van der Waals surface area (Å²) in [6, 6.07) is 25.0. The Kier molecular flexibility index (Phi) is 5.29. The molecule has 4 nitrogen and oxygen atoms in total. The second kappa shape index (κ2) is 8.41. The van der Waals surface area contributed by atoms with Gasteiger partial charge in [-0.25, -0.2) is 4.79 Å². The smallest absolute Gasteiger partial charge is 0.340 e. The number of aryl methyl sites for hydroxylation is 2. The molecule has 3 heterocycles. The fourth-order valence-corrected chi connectivity index (χ4v) is 6.49. The normalized spacial score (nSPS) is 14.5. The summed E-state index contributed by atoms with van der Waals surface area (Å²) < 4.78 is 11.5. The molecule has 0 saturated carbocycles. The minimum atomic E-state index is -1.03. The average Bonchev–Trinajstić information content (AvgIpc) is 3.46. The molecule has 6 rings (SSSR count). The predicted octanol–water partition coefficient (Wildman–Crippen LogP) is 7.50. The molecule has 0 spiro atoms. The molecule has 1 aliphatic heterocycles. The van der Waals surface area contributed by atoms with E-state index in [0.29, 0.717) is 5.56 Å². The van der Waals surface area contributed by atoms with Crippen molar-refractivity contribution in [3.63, 3.8) is 0 Å². The summed E-state index contributed by atoms with van der Waals surface area (Å²) in [6.07, 6.45) is 2.05. The molecule has 0 aliphatic carbocycles. The number of hydrogen-bond donors (Lipinski definition) is 0. The fraction of sp³-hybridized carbons (Fsp3) is 0.281. The van der Waals surface area contributed by atoms with Gasteiger partial charge in [0.2, 0.25) is 0 Å². The number of rotatable bonds is 6. The highest BCUT2D eigenvalue weighted by Crippen LogP contribution is 2.53. The molecule has 0 fully saturated rings. The number of para-hydroxylation sites is 2. The van der Waals surface area contributed by atoms with Gasteiger partial charge in [0.1, 0.15) is 0 Å². The van der Waals surface area contributed by atoms with E-state index in [-0.39, 0.29) is 5.97 Å². The number of carbonyl (C=O) groups is 1. The van der Waals surface area contributed by atoms with Crippen LogP contribution in [0.1, 0.15) is 65.1 Å². The molecule has 0 unspecified atom stereocenters. The second-order valence-electron chi connectivity index (χ2n) is 9.87. The molecule has 182 valence electrons. The molecule has 0 radical (unpaired) electrons. The molecule has 0 saturated heterocycles. The van der Waals surface area contributed by atoms with Crippen LogP contribution < -0.4 is 0 Å². The molecule has 2 aromatic heterocycles. The maximum Gasteiger partial charge on any atom is 0.340 e. The van der Waals surface area contributed by atoms with Crippen LogP contribution in [0, 0.1) is 13.8 Å². The van der Waals surface area contributed by atoms with Gasteiger partial charge in [-0.15, -0.1) is 0 Å². The Bertz CT molecular complexity index is 1550. The van der Waals surface area contributed by atoms with E-state index < -0.39 is 5.60 Å². The first-order chi connectivity index (χ1) is 17.5. The summed E-state index contributed by atoms with van der Waals surface area (Å²) in [6.45, 7) is 10.6. The van der Waals surface area contributed by atoms with Crippen molar-refractivity contribution in [1.29, 1.82) is 0 Å². The van der Waals surface area contributed by atoms with Gasteiger partial charge < -0.3 is 13.9 Å². The number of nitrogens with zero attached hydrogens (tertiary/aromatic N) is 2. The van der Waals surface area contributed by atoms with Gasteiger partial charge in [-0.2, -0.15) is 0 Å². The monoisotopic (exact) mass is 476 g/mol. The molecule has 0 bridgehead atoms. The van der Waals surface area contributed by atoms with Crippen molar-refractivity contribution in [3.8, 4) is 0 Å². The van der Waals surface area contributed by atoms with E-state index in [4.69, 9.17) is 4.74 Å². The van der Waals surface area contributed by atoms with Crippen molar-refractivity contribution in [1.82, 2.24) is 9.13 Å². The van der Waals surface area contributed by atoms with Crippen molar-refractivity contribution in [3.05, 3.63) is 106 Å². The molecule has 36 heavy (non-hydrogen) atoms. The van der Waals surface area contributed by atoms with Crippen LogP contribution in [0.15, 0.2) is 72.8 Å². The number of hydrogen-bond acceptors (Lipinski definition) is 2. The largest absolute Gasteiger partial charge is 0.440 e. The molecule has 0 N–H and O–H groups in total. The molecule has 0 amide bonds.